The molecule has 0 spiro atoms. The summed E-state index contributed by atoms with van der Waals surface area (Å²) in [7, 11) is 0. The maximum Gasteiger partial charge on any atom is 0.141 e. The zero-order valence-electron chi connectivity index (χ0n) is 9.24. The van der Waals surface area contributed by atoms with Crippen LogP contribution in [0.25, 0.3) is 0 Å². The monoisotopic (exact) mass is 355 g/mol. The van der Waals surface area contributed by atoms with Gasteiger partial charge in [-0.25, -0.2) is 9.97 Å². The van der Waals surface area contributed by atoms with Gasteiger partial charge in [-0.2, -0.15) is 0 Å². The first-order valence-electron chi connectivity index (χ1n) is 5.09. The number of aromatic nitrogens is 2. The van der Waals surface area contributed by atoms with Crippen molar-refractivity contribution >= 4 is 37.7 Å². The molecule has 17 heavy (non-hydrogen) atoms. The number of hydrogen-bond donors (Lipinski definition) is 1. The number of benzene rings is 1. The van der Waals surface area contributed by atoms with E-state index in [1.807, 2.05) is 31.2 Å². The van der Waals surface area contributed by atoms with Crippen LogP contribution in [0.4, 0.5) is 5.82 Å². The van der Waals surface area contributed by atoms with Gasteiger partial charge in [0.2, 0.25) is 0 Å². The Morgan fingerprint density at radius 1 is 1.12 bits per heavy atom. The van der Waals surface area contributed by atoms with Crippen molar-refractivity contribution in [3.05, 3.63) is 50.3 Å². The number of nitrogen functional groups attached to an aromatic ring is 1. The molecular formula is C12H11Br2N3. The fourth-order valence-corrected chi connectivity index (χ4v) is 1.95. The third kappa shape index (κ3) is 3.04. The zero-order chi connectivity index (χ0) is 12.4. The molecule has 2 rings (SSSR count). The minimum atomic E-state index is 0.490. The van der Waals surface area contributed by atoms with Crippen molar-refractivity contribution in [3.8, 4) is 0 Å². The molecule has 0 amide bonds. The highest BCUT2D eigenvalue weighted by molar-refractivity contribution is 9.10. The van der Waals surface area contributed by atoms with E-state index in [0.29, 0.717) is 12.2 Å². The van der Waals surface area contributed by atoms with Crippen LogP contribution in [0, 0.1) is 6.92 Å². The van der Waals surface area contributed by atoms with E-state index in [0.717, 1.165) is 26.0 Å². The summed E-state index contributed by atoms with van der Waals surface area (Å²) in [4.78, 5) is 8.66. The fraction of sp³-hybridized carbons (Fsp3) is 0.167. The van der Waals surface area contributed by atoms with Crippen LogP contribution >= 0.6 is 31.9 Å². The number of hydrogen-bond acceptors (Lipinski definition) is 3. The Hall–Kier alpha value is -0.940. The van der Waals surface area contributed by atoms with Crippen molar-refractivity contribution in [1.29, 1.82) is 0 Å². The summed E-state index contributed by atoms with van der Waals surface area (Å²) in [5, 5.41) is 0. The summed E-state index contributed by atoms with van der Waals surface area (Å²) in [5.74, 6) is 1.23. The van der Waals surface area contributed by atoms with E-state index in [4.69, 9.17) is 5.73 Å². The molecule has 0 radical (unpaired) electrons. The number of rotatable bonds is 2. The van der Waals surface area contributed by atoms with Gasteiger partial charge in [-0.15, -0.1) is 0 Å². The molecule has 5 heteroatoms. The molecule has 2 N–H and O–H groups in total. The van der Waals surface area contributed by atoms with Gasteiger partial charge in [0.15, 0.2) is 0 Å². The Bertz CT molecular complexity index is 515. The van der Waals surface area contributed by atoms with Gasteiger partial charge in [-0.3, -0.25) is 0 Å². The second-order valence-electron chi connectivity index (χ2n) is 3.73. The molecule has 0 atom stereocenters. The molecule has 0 aliphatic heterocycles. The fourth-order valence-electron chi connectivity index (χ4n) is 1.51. The normalized spacial score (nSPS) is 10.5. The average molecular weight is 357 g/mol. The molecule has 2 aromatic rings. The predicted molar refractivity (Wildman–Crippen MR) is 75.8 cm³/mol. The lowest BCUT2D eigenvalue weighted by Gasteiger charge is -2.06. The number of nitrogens with two attached hydrogens (primary N) is 1. The van der Waals surface area contributed by atoms with E-state index in [2.05, 4.69) is 41.8 Å². The van der Waals surface area contributed by atoms with E-state index in [-0.39, 0.29) is 0 Å². The molecule has 0 aliphatic rings. The van der Waals surface area contributed by atoms with E-state index in [1.54, 1.807) is 0 Å². The van der Waals surface area contributed by atoms with Gasteiger partial charge in [-0.05, 0) is 40.5 Å². The summed E-state index contributed by atoms with van der Waals surface area (Å²) >= 11 is 6.76. The quantitative estimate of drug-likeness (QED) is 0.896. The lowest BCUT2D eigenvalue weighted by Crippen LogP contribution is -2.03. The van der Waals surface area contributed by atoms with Gasteiger partial charge >= 0.3 is 0 Å². The highest BCUT2D eigenvalue weighted by atomic mass is 79.9. The van der Waals surface area contributed by atoms with E-state index in [9.17, 15) is 0 Å². The van der Waals surface area contributed by atoms with Crippen LogP contribution in [0.2, 0.25) is 0 Å². The Morgan fingerprint density at radius 3 is 2.35 bits per heavy atom. The Morgan fingerprint density at radius 2 is 1.76 bits per heavy atom. The van der Waals surface area contributed by atoms with Crippen LogP contribution in [0.5, 0.6) is 0 Å². The van der Waals surface area contributed by atoms with Crippen LogP contribution in [-0.2, 0) is 6.42 Å². The summed E-state index contributed by atoms with van der Waals surface area (Å²) in [6, 6.07) is 8.09. The van der Waals surface area contributed by atoms with Gasteiger partial charge in [0.1, 0.15) is 11.6 Å². The molecule has 0 saturated carbocycles. The van der Waals surface area contributed by atoms with Gasteiger partial charge < -0.3 is 5.73 Å². The first-order valence-corrected chi connectivity index (χ1v) is 6.68. The summed E-state index contributed by atoms with van der Waals surface area (Å²) < 4.78 is 1.84. The minimum absolute atomic E-state index is 0.490. The number of nitrogens with zero attached hydrogens (tertiary/aromatic N) is 2. The standard InChI is InChI=1S/C12H11Br2N3/c1-7-11(14)12(15)17-10(16-7)6-8-2-4-9(13)5-3-8/h2-5H,6H2,1H3,(H2,15,16,17). The number of halogens is 2. The van der Waals surface area contributed by atoms with Crippen molar-refractivity contribution in [2.45, 2.75) is 13.3 Å². The minimum Gasteiger partial charge on any atom is -0.383 e. The molecule has 0 unspecified atom stereocenters. The second-order valence-corrected chi connectivity index (χ2v) is 5.44. The van der Waals surface area contributed by atoms with Crippen LogP contribution in [0.3, 0.4) is 0 Å². The van der Waals surface area contributed by atoms with Gasteiger partial charge in [-0.1, -0.05) is 28.1 Å². The topological polar surface area (TPSA) is 51.8 Å². The largest absolute Gasteiger partial charge is 0.383 e. The van der Waals surface area contributed by atoms with Crippen LogP contribution in [0.15, 0.2) is 33.2 Å². The lowest BCUT2D eigenvalue weighted by atomic mass is 10.1. The Labute approximate surface area is 117 Å². The van der Waals surface area contributed by atoms with Crippen molar-refractivity contribution in [2.24, 2.45) is 0 Å². The van der Waals surface area contributed by atoms with Crippen molar-refractivity contribution in [1.82, 2.24) is 9.97 Å². The lowest BCUT2D eigenvalue weighted by molar-refractivity contribution is 0.941. The molecule has 1 heterocycles. The maximum absolute atomic E-state index is 5.79. The van der Waals surface area contributed by atoms with E-state index >= 15 is 0 Å². The summed E-state index contributed by atoms with van der Waals surface area (Å²) in [5.41, 5.74) is 7.82. The SMILES string of the molecule is Cc1nc(Cc2ccc(Br)cc2)nc(N)c1Br. The average Bonchev–Trinajstić information content (AvgIpc) is 2.29. The van der Waals surface area contributed by atoms with Crippen LogP contribution < -0.4 is 5.73 Å². The van der Waals surface area contributed by atoms with Crippen molar-refractivity contribution < 1.29 is 0 Å². The van der Waals surface area contributed by atoms with Crippen LogP contribution in [-0.4, -0.2) is 9.97 Å². The highest BCUT2D eigenvalue weighted by Crippen LogP contribution is 2.21. The maximum atomic E-state index is 5.79. The summed E-state index contributed by atoms with van der Waals surface area (Å²) in [6.45, 7) is 1.91. The first-order chi connectivity index (χ1) is 8.06. The molecule has 0 bridgehead atoms. The van der Waals surface area contributed by atoms with E-state index < -0.39 is 0 Å². The first kappa shape index (κ1) is 12.5. The number of aryl methyl sites for hydroxylation is 1. The molecular weight excluding hydrogens is 346 g/mol. The molecule has 1 aromatic carbocycles. The smallest absolute Gasteiger partial charge is 0.141 e. The molecule has 88 valence electrons. The highest BCUT2D eigenvalue weighted by Gasteiger charge is 2.07. The van der Waals surface area contributed by atoms with Crippen LogP contribution in [0.1, 0.15) is 17.1 Å². The van der Waals surface area contributed by atoms with Gasteiger partial charge in [0.25, 0.3) is 0 Å². The Kier molecular flexibility index (Phi) is 3.79. The third-order valence-electron chi connectivity index (χ3n) is 2.36. The third-order valence-corrected chi connectivity index (χ3v) is 3.87. The second kappa shape index (κ2) is 5.14. The molecule has 0 aliphatic carbocycles. The molecule has 3 nitrogen and oxygen atoms in total. The zero-order valence-corrected chi connectivity index (χ0v) is 12.4. The molecule has 1 aromatic heterocycles. The predicted octanol–water partition coefficient (Wildman–Crippen LogP) is 3.48. The van der Waals surface area contributed by atoms with Crippen molar-refractivity contribution in [3.63, 3.8) is 0 Å². The number of anilines is 1. The van der Waals surface area contributed by atoms with Gasteiger partial charge in [0, 0.05) is 10.9 Å². The van der Waals surface area contributed by atoms with Gasteiger partial charge in [0.05, 0.1) is 10.2 Å². The summed E-state index contributed by atoms with van der Waals surface area (Å²) in [6.07, 6.45) is 0.686. The Balaban J connectivity index is 2.27. The molecule has 0 fully saturated rings. The van der Waals surface area contributed by atoms with E-state index in [1.165, 1.54) is 0 Å². The van der Waals surface area contributed by atoms with Crippen molar-refractivity contribution in [2.75, 3.05) is 5.73 Å². The molecule has 0 saturated heterocycles.